The summed E-state index contributed by atoms with van der Waals surface area (Å²) < 4.78 is 5.32. The SMILES string of the molecule is Cc1cc(N2CCC3(CC2)COC3)cnc1C(=O)O. The van der Waals surface area contributed by atoms with E-state index in [1.165, 1.54) is 0 Å². The molecule has 5 heteroatoms. The van der Waals surface area contributed by atoms with Gasteiger partial charge in [0.2, 0.25) is 0 Å². The summed E-state index contributed by atoms with van der Waals surface area (Å²) in [5.74, 6) is -0.965. The first-order valence-electron chi connectivity index (χ1n) is 6.62. The topological polar surface area (TPSA) is 62.7 Å². The number of hydrogen-bond donors (Lipinski definition) is 1. The van der Waals surface area contributed by atoms with Crippen LogP contribution < -0.4 is 4.90 Å². The van der Waals surface area contributed by atoms with Crippen LogP contribution in [-0.2, 0) is 4.74 Å². The molecule has 0 saturated carbocycles. The molecule has 0 atom stereocenters. The van der Waals surface area contributed by atoms with Gasteiger partial charge >= 0.3 is 5.97 Å². The second-order valence-corrected chi connectivity index (χ2v) is 5.64. The molecule has 3 rings (SSSR count). The van der Waals surface area contributed by atoms with Gasteiger partial charge in [-0.3, -0.25) is 0 Å². The molecule has 2 saturated heterocycles. The molecule has 2 aliphatic heterocycles. The second kappa shape index (κ2) is 4.49. The van der Waals surface area contributed by atoms with Crippen molar-refractivity contribution in [2.75, 3.05) is 31.2 Å². The van der Waals surface area contributed by atoms with Crippen LogP contribution in [-0.4, -0.2) is 42.4 Å². The van der Waals surface area contributed by atoms with Crippen molar-refractivity contribution in [2.24, 2.45) is 5.41 Å². The van der Waals surface area contributed by atoms with E-state index in [2.05, 4.69) is 9.88 Å². The number of hydrogen-bond acceptors (Lipinski definition) is 4. The summed E-state index contributed by atoms with van der Waals surface area (Å²) in [6, 6.07) is 1.92. The van der Waals surface area contributed by atoms with E-state index in [0.29, 0.717) is 5.41 Å². The third-order valence-corrected chi connectivity index (χ3v) is 4.27. The number of piperidine rings is 1. The molecule has 0 unspecified atom stereocenters. The van der Waals surface area contributed by atoms with Crippen molar-refractivity contribution < 1.29 is 14.6 Å². The van der Waals surface area contributed by atoms with Gasteiger partial charge in [0.25, 0.3) is 0 Å². The van der Waals surface area contributed by atoms with Crippen LogP contribution in [0.5, 0.6) is 0 Å². The first-order chi connectivity index (χ1) is 9.10. The summed E-state index contributed by atoms with van der Waals surface area (Å²) in [5, 5.41) is 8.99. The lowest BCUT2D eigenvalue weighted by Crippen LogP contribution is -2.51. The molecule has 102 valence electrons. The van der Waals surface area contributed by atoms with Crippen LogP contribution in [0.25, 0.3) is 0 Å². The number of carboxylic acids is 1. The van der Waals surface area contributed by atoms with E-state index in [1.807, 2.05) is 6.07 Å². The van der Waals surface area contributed by atoms with Gasteiger partial charge in [-0.1, -0.05) is 0 Å². The van der Waals surface area contributed by atoms with Gasteiger partial charge in [-0.05, 0) is 31.4 Å². The summed E-state index contributed by atoms with van der Waals surface area (Å²) in [6.45, 7) is 5.59. The largest absolute Gasteiger partial charge is 0.477 e. The van der Waals surface area contributed by atoms with E-state index in [4.69, 9.17) is 9.84 Å². The van der Waals surface area contributed by atoms with E-state index in [0.717, 1.165) is 50.4 Å². The lowest BCUT2D eigenvalue weighted by molar-refractivity contribution is -0.124. The van der Waals surface area contributed by atoms with Gasteiger partial charge in [-0.15, -0.1) is 0 Å². The van der Waals surface area contributed by atoms with Gasteiger partial charge in [-0.25, -0.2) is 9.78 Å². The number of anilines is 1. The molecule has 0 amide bonds. The molecule has 1 aromatic heterocycles. The quantitative estimate of drug-likeness (QED) is 0.879. The summed E-state index contributed by atoms with van der Waals surface area (Å²) in [4.78, 5) is 17.3. The van der Waals surface area contributed by atoms with Gasteiger partial charge in [0.05, 0.1) is 25.1 Å². The van der Waals surface area contributed by atoms with Crippen LogP contribution in [0.3, 0.4) is 0 Å². The summed E-state index contributed by atoms with van der Waals surface area (Å²) in [5.41, 5.74) is 2.31. The maximum atomic E-state index is 11.0. The van der Waals surface area contributed by atoms with Crippen LogP contribution in [0.15, 0.2) is 12.3 Å². The number of ether oxygens (including phenoxy) is 1. The smallest absolute Gasteiger partial charge is 0.354 e. The third kappa shape index (κ3) is 2.18. The molecular formula is C14H18N2O3. The van der Waals surface area contributed by atoms with Gasteiger partial charge in [0.1, 0.15) is 0 Å². The second-order valence-electron chi connectivity index (χ2n) is 5.64. The Bertz CT molecular complexity index is 501. The van der Waals surface area contributed by atoms with E-state index < -0.39 is 5.97 Å². The number of nitrogens with zero attached hydrogens (tertiary/aromatic N) is 2. The van der Waals surface area contributed by atoms with Crippen molar-refractivity contribution in [3.8, 4) is 0 Å². The van der Waals surface area contributed by atoms with Crippen LogP contribution >= 0.6 is 0 Å². The number of pyridine rings is 1. The Hall–Kier alpha value is -1.62. The highest BCUT2D eigenvalue weighted by atomic mass is 16.5. The first kappa shape index (κ1) is 12.4. The Labute approximate surface area is 112 Å². The number of carbonyl (C=O) groups is 1. The number of aromatic carboxylic acids is 1. The molecule has 1 aromatic rings. The van der Waals surface area contributed by atoms with Gasteiger partial charge < -0.3 is 14.7 Å². The van der Waals surface area contributed by atoms with Crippen molar-refractivity contribution in [1.29, 1.82) is 0 Å². The summed E-state index contributed by atoms with van der Waals surface area (Å²) in [6.07, 6.45) is 3.96. The Balaban J connectivity index is 1.73. The highest BCUT2D eigenvalue weighted by Crippen LogP contribution is 2.39. The fourth-order valence-electron chi connectivity index (χ4n) is 2.88. The van der Waals surface area contributed by atoms with Gasteiger partial charge in [-0.2, -0.15) is 0 Å². The molecule has 0 aromatic carbocycles. The third-order valence-electron chi connectivity index (χ3n) is 4.27. The van der Waals surface area contributed by atoms with Crippen LogP contribution in [0, 0.1) is 12.3 Å². The number of aromatic nitrogens is 1. The van der Waals surface area contributed by atoms with Crippen LogP contribution in [0.4, 0.5) is 5.69 Å². The average Bonchev–Trinajstić information content (AvgIpc) is 2.36. The fraction of sp³-hybridized carbons (Fsp3) is 0.571. The average molecular weight is 262 g/mol. The summed E-state index contributed by atoms with van der Waals surface area (Å²) in [7, 11) is 0. The standard InChI is InChI=1S/C14H18N2O3/c1-10-6-11(7-15-12(10)13(17)18)16-4-2-14(3-5-16)8-19-9-14/h6-7H,2-5,8-9H2,1H3,(H,17,18). The monoisotopic (exact) mass is 262 g/mol. The molecule has 0 aliphatic carbocycles. The number of rotatable bonds is 2. The Morgan fingerprint density at radius 1 is 1.42 bits per heavy atom. The van der Waals surface area contributed by atoms with Crippen LogP contribution in [0.1, 0.15) is 28.9 Å². The Morgan fingerprint density at radius 3 is 2.58 bits per heavy atom. The van der Waals surface area contributed by atoms with E-state index in [9.17, 15) is 4.79 Å². The molecule has 1 N–H and O–H groups in total. The maximum absolute atomic E-state index is 11.0. The Kier molecular flexibility index (Phi) is 2.93. The van der Waals surface area contributed by atoms with Crippen molar-refractivity contribution in [2.45, 2.75) is 19.8 Å². The van der Waals surface area contributed by atoms with E-state index >= 15 is 0 Å². The highest BCUT2D eigenvalue weighted by molar-refractivity contribution is 5.87. The molecule has 3 heterocycles. The lowest BCUT2D eigenvalue weighted by atomic mass is 9.77. The molecule has 1 spiro atoms. The molecule has 0 radical (unpaired) electrons. The predicted octanol–water partition coefficient (Wildman–Crippen LogP) is 1.71. The highest BCUT2D eigenvalue weighted by Gasteiger charge is 2.41. The molecule has 5 nitrogen and oxygen atoms in total. The van der Waals surface area contributed by atoms with Gasteiger partial charge in [0.15, 0.2) is 5.69 Å². The minimum absolute atomic E-state index is 0.143. The molecule has 19 heavy (non-hydrogen) atoms. The fourth-order valence-corrected chi connectivity index (χ4v) is 2.88. The van der Waals surface area contributed by atoms with Crippen molar-refractivity contribution in [3.63, 3.8) is 0 Å². The lowest BCUT2D eigenvalue weighted by Gasteiger charge is -2.47. The number of aryl methyl sites for hydroxylation is 1. The van der Waals surface area contributed by atoms with E-state index in [1.54, 1.807) is 13.1 Å². The zero-order chi connectivity index (χ0) is 13.5. The van der Waals surface area contributed by atoms with Gasteiger partial charge in [0, 0.05) is 18.5 Å². The Morgan fingerprint density at radius 2 is 2.11 bits per heavy atom. The van der Waals surface area contributed by atoms with E-state index in [-0.39, 0.29) is 5.69 Å². The zero-order valence-corrected chi connectivity index (χ0v) is 11.1. The van der Waals surface area contributed by atoms with Crippen molar-refractivity contribution in [1.82, 2.24) is 4.98 Å². The van der Waals surface area contributed by atoms with Crippen LogP contribution in [0.2, 0.25) is 0 Å². The molecular weight excluding hydrogens is 244 g/mol. The minimum atomic E-state index is -0.965. The summed E-state index contributed by atoms with van der Waals surface area (Å²) >= 11 is 0. The zero-order valence-electron chi connectivity index (χ0n) is 11.1. The normalized spacial score (nSPS) is 21.2. The number of carboxylic acid groups (broad SMARTS) is 1. The molecule has 2 aliphatic rings. The van der Waals surface area contributed by atoms with Crippen molar-refractivity contribution in [3.05, 3.63) is 23.5 Å². The molecule has 2 fully saturated rings. The van der Waals surface area contributed by atoms with Crippen molar-refractivity contribution >= 4 is 11.7 Å². The maximum Gasteiger partial charge on any atom is 0.354 e. The first-order valence-corrected chi connectivity index (χ1v) is 6.62. The minimum Gasteiger partial charge on any atom is -0.477 e. The molecule has 0 bridgehead atoms. The predicted molar refractivity (Wildman–Crippen MR) is 70.6 cm³/mol.